The average molecular weight is 474 g/mol. The van der Waals surface area contributed by atoms with Crippen LogP contribution in [-0.2, 0) is 9.53 Å². The second kappa shape index (κ2) is 9.91. The molecule has 2 aromatic carbocycles. The monoisotopic (exact) mass is 473 g/mol. The highest BCUT2D eigenvalue weighted by Gasteiger charge is 2.34. The molecule has 0 aliphatic carbocycles. The molecule has 0 radical (unpaired) electrons. The molecule has 0 aliphatic rings. The van der Waals surface area contributed by atoms with E-state index in [9.17, 15) is 14.7 Å². The number of hydrogen-bond donors (Lipinski definition) is 4. The van der Waals surface area contributed by atoms with E-state index in [0.29, 0.717) is 21.3 Å². The number of carbonyl (C=O) groups is 2. The van der Waals surface area contributed by atoms with Crippen LogP contribution in [0, 0.1) is 16.7 Å². The summed E-state index contributed by atoms with van der Waals surface area (Å²) >= 11 is 3.33. The summed E-state index contributed by atoms with van der Waals surface area (Å²) in [5.74, 6) is -0.843. The number of carbonyl (C=O) groups excluding carboxylic acids is 2. The smallest absolute Gasteiger partial charge is 0.412 e. The molecule has 2 amide bonds. The predicted molar refractivity (Wildman–Crippen MR) is 113 cm³/mol. The topological polar surface area (TPSA) is 132 Å². The minimum absolute atomic E-state index is 0.0949. The highest BCUT2D eigenvalue weighted by Crippen LogP contribution is 2.42. The molecule has 0 bridgehead atoms. The highest BCUT2D eigenvalue weighted by molar-refractivity contribution is 9.10. The first-order valence-electron chi connectivity index (χ1n) is 8.76. The van der Waals surface area contributed by atoms with Crippen LogP contribution in [0.25, 0.3) is 0 Å². The van der Waals surface area contributed by atoms with Crippen molar-refractivity contribution in [2.45, 2.75) is 20.0 Å². The van der Waals surface area contributed by atoms with Gasteiger partial charge in [-0.25, -0.2) is 10.3 Å². The van der Waals surface area contributed by atoms with Crippen LogP contribution in [0.3, 0.4) is 0 Å². The largest absolute Gasteiger partial charge is 0.508 e. The molecule has 0 aliphatic heterocycles. The summed E-state index contributed by atoms with van der Waals surface area (Å²) in [7, 11) is 0. The number of phenolic OH excluding ortho intramolecular Hbond substituents is 1. The number of anilines is 1. The number of rotatable bonds is 6. The highest BCUT2D eigenvalue weighted by atomic mass is 79.9. The molecule has 2 rings (SSSR count). The van der Waals surface area contributed by atoms with E-state index in [0.717, 1.165) is 6.08 Å². The normalized spacial score (nSPS) is 12.1. The SMILES string of the molecule is CC(C)(/C=C/C(=O)NO)[C@H](OC(=O)Nc1ccc(C#N)cc1)c1cc(Br)ccc1O. The number of halogens is 1. The van der Waals surface area contributed by atoms with E-state index in [2.05, 4.69) is 21.2 Å². The first kappa shape index (κ1) is 22.9. The van der Waals surface area contributed by atoms with E-state index in [1.165, 1.54) is 17.6 Å². The number of phenols is 1. The van der Waals surface area contributed by atoms with Crippen molar-refractivity contribution in [3.05, 3.63) is 70.2 Å². The van der Waals surface area contributed by atoms with E-state index < -0.39 is 23.5 Å². The van der Waals surface area contributed by atoms with Crippen LogP contribution in [0.15, 0.2) is 59.1 Å². The predicted octanol–water partition coefficient (Wildman–Crippen LogP) is 4.40. The lowest BCUT2D eigenvalue weighted by atomic mass is 9.81. The standard InChI is InChI=1S/C21H20BrN3O5/c1-21(2,10-9-18(27)25-29)19(16-11-14(22)5-8-17(16)26)30-20(28)24-15-6-3-13(12-23)4-7-15/h3-11,19,26,29H,1-2H3,(H,24,28)(H,25,27)/b10-9+/t19-/m1/s1. The molecule has 0 unspecified atom stereocenters. The first-order chi connectivity index (χ1) is 14.2. The minimum Gasteiger partial charge on any atom is -0.508 e. The molecule has 156 valence electrons. The zero-order chi connectivity index (χ0) is 22.3. The fourth-order valence-corrected chi connectivity index (χ4v) is 3.03. The molecule has 0 saturated carbocycles. The number of ether oxygens (including phenoxy) is 1. The van der Waals surface area contributed by atoms with Crippen LogP contribution in [0.2, 0.25) is 0 Å². The van der Waals surface area contributed by atoms with Gasteiger partial charge in [-0.2, -0.15) is 5.26 Å². The molecule has 0 fully saturated rings. The van der Waals surface area contributed by atoms with Crippen LogP contribution in [0.4, 0.5) is 10.5 Å². The van der Waals surface area contributed by atoms with Gasteiger partial charge in [0.05, 0.1) is 11.6 Å². The third-order valence-electron chi connectivity index (χ3n) is 4.21. The van der Waals surface area contributed by atoms with E-state index in [4.69, 9.17) is 15.2 Å². The van der Waals surface area contributed by atoms with Crippen molar-refractivity contribution in [1.82, 2.24) is 5.48 Å². The molecule has 8 nitrogen and oxygen atoms in total. The Morgan fingerprint density at radius 2 is 1.90 bits per heavy atom. The van der Waals surface area contributed by atoms with Crippen molar-refractivity contribution < 1.29 is 24.6 Å². The van der Waals surface area contributed by atoms with Crippen molar-refractivity contribution in [3.63, 3.8) is 0 Å². The van der Waals surface area contributed by atoms with Gasteiger partial charge >= 0.3 is 6.09 Å². The fraction of sp³-hybridized carbons (Fsp3) is 0.190. The minimum atomic E-state index is -0.990. The molecule has 2 aromatic rings. The number of nitrogens with one attached hydrogen (secondary N) is 2. The summed E-state index contributed by atoms with van der Waals surface area (Å²) in [4.78, 5) is 24.0. The number of aromatic hydroxyl groups is 1. The van der Waals surface area contributed by atoms with Gasteiger partial charge in [0.15, 0.2) is 0 Å². The molecule has 9 heteroatoms. The number of amides is 2. The lowest BCUT2D eigenvalue weighted by molar-refractivity contribution is -0.124. The molecule has 0 spiro atoms. The number of nitrogens with zero attached hydrogens (tertiary/aromatic N) is 1. The van der Waals surface area contributed by atoms with Crippen molar-refractivity contribution in [1.29, 1.82) is 5.26 Å². The Morgan fingerprint density at radius 1 is 1.23 bits per heavy atom. The summed E-state index contributed by atoms with van der Waals surface area (Å²) in [6, 6.07) is 12.9. The summed E-state index contributed by atoms with van der Waals surface area (Å²) < 4.78 is 6.28. The van der Waals surface area contributed by atoms with Gasteiger partial charge in [0.2, 0.25) is 0 Å². The Labute approximate surface area is 181 Å². The van der Waals surface area contributed by atoms with Crippen LogP contribution in [0.5, 0.6) is 5.75 Å². The Balaban J connectivity index is 2.33. The maximum atomic E-state index is 12.6. The average Bonchev–Trinajstić information content (AvgIpc) is 2.72. The van der Waals surface area contributed by atoms with Crippen LogP contribution < -0.4 is 10.8 Å². The quantitative estimate of drug-likeness (QED) is 0.279. The van der Waals surface area contributed by atoms with Gasteiger partial charge in [-0.15, -0.1) is 0 Å². The molecule has 1 atom stereocenters. The Hall–Kier alpha value is -3.35. The molecular weight excluding hydrogens is 454 g/mol. The fourth-order valence-electron chi connectivity index (χ4n) is 2.65. The zero-order valence-corrected chi connectivity index (χ0v) is 17.8. The summed E-state index contributed by atoms with van der Waals surface area (Å²) in [6.07, 6.45) is 0.774. The third-order valence-corrected chi connectivity index (χ3v) is 4.70. The van der Waals surface area contributed by atoms with Gasteiger partial charge in [-0.1, -0.05) is 35.9 Å². The van der Waals surface area contributed by atoms with Crippen molar-refractivity contribution in [2.75, 3.05) is 5.32 Å². The maximum Gasteiger partial charge on any atom is 0.412 e. The molecule has 0 saturated heterocycles. The van der Waals surface area contributed by atoms with Gasteiger partial charge in [0.1, 0.15) is 11.9 Å². The van der Waals surface area contributed by atoms with E-state index in [-0.39, 0.29) is 5.75 Å². The van der Waals surface area contributed by atoms with Crippen LogP contribution in [-0.4, -0.2) is 22.3 Å². The lowest BCUT2D eigenvalue weighted by Crippen LogP contribution is -2.28. The second-order valence-electron chi connectivity index (χ2n) is 6.93. The molecule has 0 aromatic heterocycles. The number of hydroxylamine groups is 1. The van der Waals surface area contributed by atoms with Crippen molar-refractivity contribution >= 4 is 33.6 Å². The Kier molecular flexibility index (Phi) is 7.58. The van der Waals surface area contributed by atoms with E-state index in [1.54, 1.807) is 50.2 Å². The van der Waals surface area contributed by atoms with E-state index in [1.807, 2.05) is 6.07 Å². The summed E-state index contributed by atoms with van der Waals surface area (Å²) in [6.45, 7) is 3.41. The van der Waals surface area contributed by atoms with Crippen LogP contribution >= 0.6 is 15.9 Å². The molecule has 4 N–H and O–H groups in total. The van der Waals surface area contributed by atoms with Gasteiger partial charge in [0, 0.05) is 27.2 Å². The molecular formula is C21H20BrN3O5. The Morgan fingerprint density at radius 3 is 2.50 bits per heavy atom. The second-order valence-corrected chi connectivity index (χ2v) is 7.85. The molecule has 0 heterocycles. The van der Waals surface area contributed by atoms with E-state index >= 15 is 0 Å². The molecule has 30 heavy (non-hydrogen) atoms. The lowest BCUT2D eigenvalue weighted by Gasteiger charge is -2.32. The van der Waals surface area contributed by atoms with Crippen LogP contribution in [0.1, 0.15) is 31.1 Å². The number of benzene rings is 2. The first-order valence-corrected chi connectivity index (χ1v) is 9.55. The van der Waals surface area contributed by atoms with Crippen molar-refractivity contribution in [3.8, 4) is 11.8 Å². The van der Waals surface area contributed by atoms with Gasteiger partial charge in [0.25, 0.3) is 5.91 Å². The third kappa shape index (κ3) is 6.07. The van der Waals surface area contributed by atoms with Gasteiger partial charge < -0.3 is 9.84 Å². The number of hydrogen-bond acceptors (Lipinski definition) is 6. The number of nitriles is 1. The zero-order valence-electron chi connectivity index (χ0n) is 16.2. The van der Waals surface area contributed by atoms with Crippen molar-refractivity contribution in [2.24, 2.45) is 5.41 Å². The summed E-state index contributed by atoms with van der Waals surface area (Å²) in [5, 5.41) is 30.5. The Bertz CT molecular complexity index is 997. The maximum absolute atomic E-state index is 12.6. The van der Waals surface area contributed by atoms with Gasteiger partial charge in [-0.3, -0.25) is 15.3 Å². The summed E-state index contributed by atoms with van der Waals surface area (Å²) in [5.41, 5.74) is 1.72. The van der Waals surface area contributed by atoms with Gasteiger partial charge in [-0.05, 0) is 42.5 Å².